The first-order chi connectivity index (χ1) is 6.25. The van der Waals surface area contributed by atoms with Crippen molar-refractivity contribution < 1.29 is 9.53 Å². The van der Waals surface area contributed by atoms with Crippen LogP contribution in [0.1, 0.15) is 6.42 Å². The molecule has 1 unspecified atom stereocenters. The van der Waals surface area contributed by atoms with Gasteiger partial charge in [-0.1, -0.05) is 0 Å². The standard InChI is InChI=1S/C9H16N2O2/c1-11-4-7(5-11)9(12)10-8-2-3-13-6-8/h7-8H,2-6H2,1H3,(H,10,12). The van der Waals surface area contributed by atoms with E-state index in [-0.39, 0.29) is 17.9 Å². The summed E-state index contributed by atoms with van der Waals surface area (Å²) in [6.45, 7) is 3.28. The van der Waals surface area contributed by atoms with E-state index in [0.29, 0.717) is 6.61 Å². The summed E-state index contributed by atoms with van der Waals surface area (Å²) in [6, 6.07) is 0.262. The van der Waals surface area contributed by atoms with Crippen LogP contribution < -0.4 is 5.32 Å². The number of hydrogen-bond donors (Lipinski definition) is 1. The van der Waals surface area contributed by atoms with Crippen molar-refractivity contribution in [3.63, 3.8) is 0 Å². The highest BCUT2D eigenvalue weighted by Gasteiger charge is 2.31. The summed E-state index contributed by atoms with van der Waals surface area (Å²) in [6.07, 6.45) is 0.967. The van der Waals surface area contributed by atoms with Gasteiger partial charge >= 0.3 is 0 Å². The van der Waals surface area contributed by atoms with Gasteiger partial charge in [-0.25, -0.2) is 0 Å². The third-order valence-corrected chi connectivity index (χ3v) is 2.71. The van der Waals surface area contributed by atoms with Crippen molar-refractivity contribution in [2.45, 2.75) is 12.5 Å². The van der Waals surface area contributed by atoms with Gasteiger partial charge in [0.15, 0.2) is 0 Å². The molecular weight excluding hydrogens is 168 g/mol. The molecule has 0 aromatic carbocycles. The summed E-state index contributed by atoms with van der Waals surface area (Å²) in [5, 5.41) is 3.01. The third-order valence-electron chi connectivity index (χ3n) is 2.71. The van der Waals surface area contributed by atoms with Gasteiger partial charge in [0.05, 0.1) is 18.6 Å². The molecule has 0 bridgehead atoms. The van der Waals surface area contributed by atoms with Gasteiger partial charge in [0.25, 0.3) is 0 Å². The second-order valence-corrected chi connectivity index (χ2v) is 3.99. The fraction of sp³-hybridized carbons (Fsp3) is 0.889. The molecule has 0 radical (unpaired) electrons. The first-order valence-electron chi connectivity index (χ1n) is 4.82. The maximum absolute atomic E-state index is 11.5. The molecule has 4 heteroatoms. The number of amides is 1. The van der Waals surface area contributed by atoms with Crippen molar-refractivity contribution in [3.8, 4) is 0 Å². The van der Waals surface area contributed by atoms with E-state index in [1.807, 2.05) is 7.05 Å². The topological polar surface area (TPSA) is 41.6 Å². The maximum Gasteiger partial charge on any atom is 0.225 e. The number of ether oxygens (including phenoxy) is 1. The predicted molar refractivity (Wildman–Crippen MR) is 48.4 cm³/mol. The molecule has 4 nitrogen and oxygen atoms in total. The normalized spacial score (nSPS) is 30.1. The lowest BCUT2D eigenvalue weighted by Gasteiger charge is -2.35. The molecule has 0 spiro atoms. The van der Waals surface area contributed by atoms with Gasteiger partial charge in [-0.2, -0.15) is 0 Å². The Kier molecular flexibility index (Phi) is 2.51. The summed E-state index contributed by atoms with van der Waals surface area (Å²) in [4.78, 5) is 13.7. The molecule has 1 N–H and O–H groups in total. The molecular formula is C9H16N2O2. The smallest absolute Gasteiger partial charge is 0.225 e. The molecule has 0 aromatic rings. The Balaban J connectivity index is 1.72. The average molecular weight is 184 g/mol. The van der Waals surface area contributed by atoms with Crippen LogP contribution in [0.25, 0.3) is 0 Å². The Hall–Kier alpha value is -0.610. The largest absolute Gasteiger partial charge is 0.379 e. The van der Waals surface area contributed by atoms with Crippen LogP contribution in [0, 0.1) is 5.92 Å². The number of likely N-dealkylation sites (tertiary alicyclic amines) is 1. The molecule has 1 amide bonds. The van der Waals surface area contributed by atoms with Crippen LogP contribution in [-0.4, -0.2) is 50.2 Å². The van der Waals surface area contributed by atoms with Crippen molar-refractivity contribution in [1.29, 1.82) is 0 Å². The van der Waals surface area contributed by atoms with Crippen LogP contribution in [0.3, 0.4) is 0 Å². The van der Waals surface area contributed by atoms with Crippen molar-refractivity contribution in [2.24, 2.45) is 5.92 Å². The molecule has 13 heavy (non-hydrogen) atoms. The quantitative estimate of drug-likeness (QED) is 0.626. The minimum atomic E-state index is 0.202. The predicted octanol–water partition coefficient (Wildman–Crippen LogP) is -0.547. The highest BCUT2D eigenvalue weighted by Crippen LogP contribution is 2.13. The number of hydrogen-bond acceptors (Lipinski definition) is 3. The Bertz CT molecular complexity index is 196. The molecule has 2 saturated heterocycles. The molecule has 0 saturated carbocycles. The fourth-order valence-electron chi connectivity index (χ4n) is 1.83. The van der Waals surface area contributed by atoms with Gasteiger partial charge in [0, 0.05) is 19.7 Å². The highest BCUT2D eigenvalue weighted by atomic mass is 16.5. The van der Waals surface area contributed by atoms with Gasteiger partial charge in [-0.3, -0.25) is 4.79 Å². The van der Waals surface area contributed by atoms with Gasteiger partial charge in [0.1, 0.15) is 0 Å². The Morgan fingerprint density at radius 1 is 1.54 bits per heavy atom. The minimum Gasteiger partial charge on any atom is -0.379 e. The Morgan fingerprint density at radius 2 is 2.31 bits per heavy atom. The van der Waals surface area contributed by atoms with E-state index in [2.05, 4.69) is 10.2 Å². The number of nitrogens with zero attached hydrogens (tertiary/aromatic N) is 1. The number of carbonyl (C=O) groups excluding carboxylic acids is 1. The first-order valence-corrected chi connectivity index (χ1v) is 4.82. The zero-order valence-corrected chi connectivity index (χ0v) is 7.95. The zero-order valence-electron chi connectivity index (χ0n) is 7.95. The van der Waals surface area contributed by atoms with Crippen molar-refractivity contribution in [3.05, 3.63) is 0 Å². The lowest BCUT2D eigenvalue weighted by atomic mass is 10.00. The van der Waals surface area contributed by atoms with Gasteiger partial charge in [-0.15, -0.1) is 0 Å². The first kappa shape index (κ1) is 8.97. The van der Waals surface area contributed by atoms with E-state index in [0.717, 1.165) is 26.1 Å². The molecule has 1 atom stereocenters. The summed E-state index contributed by atoms with van der Waals surface area (Å²) >= 11 is 0. The van der Waals surface area contributed by atoms with E-state index < -0.39 is 0 Å². The summed E-state index contributed by atoms with van der Waals surface area (Å²) in [7, 11) is 2.03. The van der Waals surface area contributed by atoms with Gasteiger partial charge < -0.3 is 15.0 Å². The van der Waals surface area contributed by atoms with Crippen LogP contribution in [-0.2, 0) is 9.53 Å². The molecule has 2 heterocycles. The second-order valence-electron chi connectivity index (χ2n) is 3.99. The lowest BCUT2D eigenvalue weighted by Crippen LogP contribution is -2.53. The van der Waals surface area contributed by atoms with Gasteiger partial charge in [0.2, 0.25) is 5.91 Å². The van der Waals surface area contributed by atoms with E-state index in [4.69, 9.17) is 4.74 Å². The van der Waals surface area contributed by atoms with Crippen LogP contribution >= 0.6 is 0 Å². The average Bonchev–Trinajstić information content (AvgIpc) is 2.51. The molecule has 2 rings (SSSR count). The Morgan fingerprint density at radius 3 is 2.85 bits per heavy atom. The number of nitrogens with one attached hydrogen (secondary N) is 1. The van der Waals surface area contributed by atoms with Crippen LogP contribution in [0.5, 0.6) is 0 Å². The van der Waals surface area contributed by atoms with E-state index in [1.165, 1.54) is 0 Å². The highest BCUT2D eigenvalue weighted by molar-refractivity contribution is 5.80. The number of rotatable bonds is 2. The number of carbonyl (C=O) groups is 1. The van der Waals surface area contributed by atoms with Crippen molar-refractivity contribution in [2.75, 3.05) is 33.4 Å². The van der Waals surface area contributed by atoms with Crippen LogP contribution in [0.15, 0.2) is 0 Å². The van der Waals surface area contributed by atoms with E-state index in [1.54, 1.807) is 0 Å². The second kappa shape index (κ2) is 3.64. The Labute approximate surface area is 78.2 Å². The van der Waals surface area contributed by atoms with E-state index >= 15 is 0 Å². The SMILES string of the molecule is CN1CC(C(=O)NC2CCOC2)C1. The fourth-order valence-corrected chi connectivity index (χ4v) is 1.83. The molecule has 2 fully saturated rings. The summed E-state index contributed by atoms with van der Waals surface area (Å²) in [5.74, 6) is 0.416. The van der Waals surface area contributed by atoms with E-state index in [9.17, 15) is 4.79 Å². The van der Waals surface area contributed by atoms with Crippen molar-refractivity contribution >= 4 is 5.91 Å². The maximum atomic E-state index is 11.5. The molecule has 74 valence electrons. The lowest BCUT2D eigenvalue weighted by molar-refractivity contribution is -0.130. The third kappa shape index (κ3) is 2.00. The molecule has 2 aliphatic heterocycles. The zero-order chi connectivity index (χ0) is 9.26. The van der Waals surface area contributed by atoms with Crippen molar-refractivity contribution in [1.82, 2.24) is 10.2 Å². The van der Waals surface area contributed by atoms with Gasteiger partial charge in [-0.05, 0) is 13.5 Å². The minimum absolute atomic E-state index is 0.202. The van der Waals surface area contributed by atoms with Crippen LogP contribution in [0.4, 0.5) is 0 Å². The monoisotopic (exact) mass is 184 g/mol. The molecule has 0 aliphatic carbocycles. The van der Waals surface area contributed by atoms with Crippen LogP contribution in [0.2, 0.25) is 0 Å². The molecule has 0 aromatic heterocycles. The molecule has 2 aliphatic rings. The summed E-state index contributed by atoms with van der Waals surface area (Å²) < 4.78 is 5.19. The summed E-state index contributed by atoms with van der Waals surface area (Å²) in [5.41, 5.74) is 0.